The predicted octanol–water partition coefficient (Wildman–Crippen LogP) is 4.22. The molecule has 0 radical (unpaired) electrons. The Morgan fingerprint density at radius 3 is 2.67 bits per heavy atom. The van der Waals surface area contributed by atoms with Gasteiger partial charge in [-0.25, -0.2) is 9.37 Å². The van der Waals surface area contributed by atoms with E-state index in [4.69, 9.17) is 11.6 Å². The molecule has 0 bridgehead atoms. The Morgan fingerprint density at radius 2 is 2.05 bits per heavy atom. The van der Waals surface area contributed by atoms with Crippen LogP contribution in [0.1, 0.15) is 31.9 Å². The highest BCUT2D eigenvalue weighted by Gasteiger charge is 2.26. The Hall–Kier alpha value is -1.17. The van der Waals surface area contributed by atoms with Crippen molar-refractivity contribution >= 4 is 40.1 Å². The van der Waals surface area contributed by atoms with Crippen LogP contribution in [0.2, 0.25) is 5.15 Å². The van der Waals surface area contributed by atoms with E-state index in [0.717, 1.165) is 5.39 Å². The van der Waals surface area contributed by atoms with Crippen LogP contribution < -0.4 is 0 Å². The molecular formula is C15H16ClFN2OS. The van der Waals surface area contributed by atoms with Crippen molar-refractivity contribution in [2.24, 2.45) is 4.40 Å². The predicted molar refractivity (Wildman–Crippen MR) is 86.9 cm³/mol. The lowest BCUT2D eigenvalue weighted by Gasteiger charge is -2.17. The molecule has 0 fully saturated rings. The number of fused-ring (bicyclic) bond motifs is 1. The summed E-state index contributed by atoms with van der Waals surface area (Å²) in [6.45, 7) is 7.18. The Balaban J connectivity index is 2.45. The molecule has 2 rings (SSSR count). The number of hydrogen-bond acceptors (Lipinski definition) is 3. The van der Waals surface area contributed by atoms with E-state index < -0.39 is 16.1 Å². The second-order valence-corrected chi connectivity index (χ2v) is 8.00. The van der Waals surface area contributed by atoms with E-state index in [1.54, 1.807) is 19.1 Å². The topological polar surface area (TPSA) is 48.3 Å². The summed E-state index contributed by atoms with van der Waals surface area (Å²) in [7, 11) is 0. The van der Waals surface area contributed by atoms with E-state index in [2.05, 4.69) is 9.38 Å². The molecular weight excluding hydrogens is 311 g/mol. The summed E-state index contributed by atoms with van der Waals surface area (Å²) in [4.78, 5) is 4.21. The van der Waals surface area contributed by atoms with Crippen molar-refractivity contribution in [3.63, 3.8) is 0 Å². The van der Waals surface area contributed by atoms with E-state index >= 15 is 0 Å². The average molecular weight is 327 g/mol. The van der Waals surface area contributed by atoms with Crippen molar-refractivity contribution in [3.8, 4) is 0 Å². The highest BCUT2D eigenvalue weighted by molar-refractivity contribution is 7.91. The van der Waals surface area contributed by atoms with Crippen LogP contribution >= 0.6 is 11.6 Å². The Kier molecular flexibility index (Phi) is 4.56. The van der Waals surface area contributed by atoms with Gasteiger partial charge in [-0.05, 0) is 45.9 Å². The van der Waals surface area contributed by atoms with Gasteiger partial charge in [-0.1, -0.05) is 16.0 Å². The van der Waals surface area contributed by atoms with Gasteiger partial charge in [0.25, 0.3) is 0 Å². The lowest BCUT2D eigenvalue weighted by Crippen LogP contribution is -2.25. The number of benzene rings is 1. The maximum Gasteiger partial charge on any atom is 0.144 e. The first-order valence-corrected chi connectivity index (χ1v) is 7.90. The average Bonchev–Trinajstić information content (AvgIpc) is 2.40. The Bertz CT molecular complexity index is 713. The number of aryl methyl sites for hydroxylation is 1. The second-order valence-electron chi connectivity index (χ2n) is 5.71. The first-order valence-electron chi connectivity index (χ1n) is 6.41. The highest BCUT2D eigenvalue weighted by atomic mass is 35.5. The molecule has 0 aliphatic carbocycles. The number of halogens is 2. The fraction of sp³-hybridized carbons (Fsp3) is 0.333. The lowest BCUT2D eigenvalue weighted by molar-refractivity contribution is 0.562. The molecule has 0 aliphatic heterocycles. The van der Waals surface area contributed by atoms with Crippen LogP contribution in [-0.4, -0.2) is 20.5 Å². The summed E-state index contributed by atoms with van der Waals surface area (Å²) in [5.41, 5.74) is 1.54. The molecule has 0 saturated heterocycles. The largest absolute Gasteiger partial charge is 0.591 e. The van der Waals surface area contributed by atoms with E-state index in [9.17, 15) is 8.94 Å². The van der Waals surface area contributed by atoms with E-state index in [-0.39, 0.29) is 11.0 Å². The first-order chi connectivity index (χ1) is 9.70. The fourth-order valence-electron chi connectivity index (χ4n) is 1.70. The quantitative estimate of drug-likeness (QED) is 0.471. The summed E-state index contributed by atoms with van der Waals surface area (Å²) in [5.74, 6) is -0.318. The van der Waals surface area contributed by atoms with E-state index in [1.165, 1.54) is 12.3 Å². The van der Waals surface area contributed by atoms with Gasteiger partial charge in [0, 0.05) is 16.5 Å². The summed E-state index contributed by atoms with van der Waals surface area (Å²) < 4.78 is 29.0. The normalized spacial score (nSPS) is 14.0. The molecule has 0 aliphatic rings. The van der Waals surface area contributed by atoms with Gasteiger partial charge in [-0.3, -0.25) is 0 Å². The summed E-state index contributed by atoms with van der Waals surface area (Å²) >= 11 is 4.74. The third kappa shape index (κ3) is 3.54. The minimum atomic E-state index is -1.36. The molecule has 6 heteroatoms. The monoisotopic (exact) mass is 326 g/mol. The van der Waals surface area contributed by atoms with E-state index in [0.29, 0.717) is 16.6 Å². The summed E-state index contributed by atoms with van der Waals surface area (Å²) in [6.07, 6.45) is 1.45. The van der Waals surface area contributed by atoms with Crippen molar-refractivity contribution in [3.05, 3.63) is 40.3 Å². The number of hydrogen-bond donors (Lipinski definition) is 0. The van der Waals surface area contributed by atoms with Crippen molar-refractivity contribution in [1.29, 1.82) is 0 Å². The SMILES string of the molecule is Cc1c(F)ccc2cc(/C=N/[S@+]([O-])C(C)(C)C)c(Cl)nc12. The van der Waals surface area contributed by atoms with Gasteiger partial charge in [0.1, 0.15) is 27.1 Å². The lowest BCUT2D eigenvalue weighted by atomic mass is 10.1. The molecule has 0 spiro atoms. The molecule has 1 aromatic carbocycles. The number of nitrogens with zero attached hydrogens (tertiary/aromatic N) is 2. The third-order valence-corrected chi connectivity index (χ3v) is 4.61. The van der Waals surface area contributed by atoms with Gasteiger partial charge < -0.3 is 4.55 Å². The van der Waals surface area contributed by atoms with Gasteiger partial charge in [-0.2, -0.15) is 0 Å². The molecule has 0 amide bonds. The zero-order chi connectivity index (χ0) is 15.8. The minimum Gasteiger partial charge on any atom is -0.591 e. The Morgan fingerprint density at radius 1 is 1.38 bits per heavy atom. The van der Waals surface area contributed by atoms with Crippen molar-refractivity contribution in [1.82, 2.24) is 4.98 Å². The zero-order valence-corrected chi connectivity index (χ0v) is 13.8. The molecule has 21 heavy (non-hydrogen) atoms. The molecule has 3 nitrogen and oxygen atoms in total. The van der Waals surface area contributed by atoms with Crippen LogP contribution in [-0.2, 0) is 11.4 Å². The molecule has 0 N–H and O–H groups in total. The maximum absolute atomic E-state index is 13.5. The van der Waals surface area contributed by atoms with Crippen LogP contribution in [0.3, 0.4) is 0 Å². The standard InChI is InChI=1S/C15H16ClFN2OS/c1-9-12(17)6-5-10-7-11(14(16)19-13(9)10)8-18-21(20)15(2,3)4/h5-8H,1-4H3/b18-8+/t21-/m1/s1. The summed E-state index contributed by atoms with van der Waals surface area (Å²) in [6, 6.07) is 4.79. The van der Waals surface area contributed by atoms with Crippen LogP contribution in [0.5, 0.6) is 0 Å². The maximum atomic E-state index is 13.5. The number of pyridine rings is 1. The zero-order valence-electron chi connectivity index (χ0n) is 12.3. The number of aromatic nitrogens is 1. The minimum absolute atomic E-state index is 0.214. The van der Waals surface area contributed by atoms with Crippen molar-refractivity contribution < 1.29 is 8.94 Å². The Labute approximate surface area is 131 Å². The number of rotatable bonds is 2. The highest BCUT2D eigenvalue weighted by Crippen LogP contribution is 2.24. The van der Waals surface area contributed by atoms with Crippen LogP contribution in [0, 0.1) is 12.7 Å². The molecule has 1 heterocycles. The molecule has 112 valence electrons. The van der Waals surface area contributed by atoms with Gasteiger partial charge in [0.15, 0.2) is 0 Å². The van der Waals surface area contributed by atoms with Gasteiger partial charge in [0.2, 0.25) is 0 Å². The van der Waals surface area contributed by atoms with E-state index in [1.807, 2.05) is 20.8 Å². The molecule has 1 aromatic heterocycles. The second kappa shape index (κ2) is 5.91. The van der Waals surface area contributed by atoms with Gasteiger partial charge >= 0.3 is 0 Å². The molecule has 1 atom stereocenters. The first kappa shape index (κ1) is 16.2. The van der Waals surface area contributed by atoms with Crippen LogP contribution in [0.4, 0.5) is 4.39 Å². The van der Waals surface area contributed by atoms with Gasteiger partial charge in [-0.15, -0.1) is 0 Å². The summed E-state index contributed by atoms with van der Waals surface area (Å²) in [5, 5.41) is 0.979. The smallest absolute Gasteiger partial charge is 0.144 e. The van der Waals surface area contributed by atoms with Crippen molar-refractivity contribution in [2.45, 2.75) is 32.4 Å². The van der Waals surface area contributed by atoms with Crippen LogP contribution in [0.15, 0.2) is 22.6 Å². The van der Waals surface area contributed by atoms with Crippen LogP contribution in [0.25, 0.3) is 10.9 Å². The van der Waals surface area contributed by atoms with Crippen molar-refractivity contribution in [2.75, 3.05) is 0 Å². The fourth-order valence-corrected chi connectivity index (χ4v) is 2.42. The molecule has 2 aromatic rings. The van der Waals surface area contributed by atoms with Gasteiger partial charge in [0.05, 0.1) is 11.7 Å². The molecule has 0 saturated carbocycles. The third-order valence-electron chi connectivity index (χ3n) is 2.97. The molecule has 0 unspecified atom stereocenters.